The molecule has 0 rings (SSSR count). The highest BCUT2D eigenvalue weighted by Gasteiger charge is 2.21. The highest BCUT2D eigenvalue weighted by atomic mass is 31.2. The summed E-state index contributed by atoms with van der Waals surface area (Å²) in [6, 6.07) is 0. The minimum absolute atomic E-state index is 0.0485. The third kappa shape index (κ3) is 44.3. The van der Waals surface area contributed by atoms with Gasteiger partial charge in [0.25, 0.3) is 7.82 Å². The summed E-state index contributed by atoms with van der Waals surface area (Å²) in [5, 5.41) is 0. The first-order valence-electron chi connectivity index (χ1n) is 22.4. The van der Waals surface area contributed by atoms with Crippen LogP contribution in [0.2, 0.25) is 0 Å². The molecule has 9 nitrogen and oxygen atoms in total. The van der Waals surface area contributed by atoms with Gasteiger partial charge in [-0.2, -0.15) is 0 Å². The van der Waals surface area contributed by atoms with Crippen LogP contribution >= 0.6 is 7.82 Å². The van der Waals surface area contributed by atoms with Gasteiger partial charge in [0.15, 0.2) is 6.10 Å². The Hall–Kier alpha value is -3.07. The smallest absolute Gasteiger partial charge is 0.306 e. The van der Waals surface area contributed by atoms with Crippen LogP contribution in [0.3, 0.4) is 0 Å². The second kappa shape index (κ2) is 40.3. The normalized spacial score (nSPS) is 14.5. The molecule has 0 radical (unpaired) electrons. The van der Waals surface area contributed by atoms with Gasteiger partial charge in [0.05, 0.1) is 27.7 Å². The van der Waals surface area contributed by atoms with Crippen LogP contribution in [0.5, 0.6) is 0 Å². The quantitative estimate of drug-likeness (QED) is 0.0198. The van der Waals surface area contributed by atoms with Gasteiger partial charge < -0.3 is 27.9 Å². The predicted molar refractivity (Wildman–Crippen MR) is 245 cm³/mol. The SMILES string of the molecule is CC/C=C\C/C=C\C/C=C\C/C=C\C/C=C\C/C=C\C/C=C\CCCC(=O)OC(COC(=O)CCCCCCC/C=C\CCCCC)COP(=O)([O-])OCC[N+](C)(C)C. The fourth-order valence-electron chi connectivity index (χ4n) is 5.34. The fourth-order valence-corrected chi connectivity index (χ4v) is 6.07. The first-order valence-corrected chi connectivity index (χ1v) is 23.9. The molecule has 0 saturated heterocycles. The van der Waals surface area contributed by atoms with Crippen molar-refractivity contribution >= 4 is 19.8 Å². The third-order valence-corrected chi connectivity index (χ3v) is 9.80. The van der Waals surface area contributed by atoms with Crippen molar-refractivity contribution in [2.75, 3.05) is 47.5 Å². The minimum Gasteiger partial charge on any atom is -0.756 e. The van der Waals surface area contributed by atoms with Crippen LogP contribution in [0.4, 0.5) is 0 Å². The van der Waals surface area contributed by atoms with E-state index in [0.29, 0.717) is 30.3 Å². The van der Waals surface area contributed by atoms with E-state index in [0.717, 1.165) is 83.5 Å². The van der Waals surface area contributed by atoms with Crippen LogP contribution in [0.1, 0.15) is 149 Å². The molecule has 0 aromatic rings. The Balaban J connectivity index is 4.47. The van der Waals surface area contributed by atoms with Crippen LogP contribution in [-0.4, -0.2) is 70.0 Å². The first-order chi connectivity index (χ1) is 28.5. The minimum atomic E-state index is -4.65. The largest absolute Gasteiger partial charge is 0.756 e. The number of carbonyl (C=O) groups is 2. The molecule has 0 bridgehead atoms. The van der Waals surface area contributed by atoms with Crippen molar-refractivity contribution in [1.29, 1.82) is 0 Å². The highest BCUT2D eigenvalue weighted by molar-refractivity contribution is 7.45. The van der Waals surface area contributed by atoms with Crippen LogP contribution < -0.4 is 4.89 Å². The Morgan fingerprint density at radius 3 is 1.51 bits per heavy atom. The van der Waals surface area contributed by atoms with E-state index in [4.69, 9.17) is 18.5 Å². The summed E-state index contributed by atoms with van der Waals surface area (Å²) >= 11 is 0. The van der Waals surface area contributed by atoms with Crippen molar-refractivity contribution in [3.8, 4) is 0 Å². The van der Waals surface area contributed by atoms with Crippen molar-refractivity contribution in [3.05, 3.63) is 97.2 Å². The number of quaternary nitrogens is 1. The number of hydrogen-bond acceptors (Lipinski definition) is 8. The van der Waals surface area contributed by atoms with Gasteiger partial charge in [0.2, 0.25) is 0 Å². The van der Waals surface area contributed by atoms with Crippen molar-refractivity contribution < 1.29 is 42.1 Å². The van der Waals surface area contributed by atoms with E-state index in [2.05, 4.69) is 105 Å². The van der Waals surface area contributed by atoms with Crippen molar-refractivity contribution in [2.24, 2.45) is 0 Å². The van der Waals surface area contributed by atoms with E-state index in [9.17, 15) is 19.0 Å². The number of unbranched alkanes of at least 4 members (excludes halogenated alkanes) is 9. The Morgan fingerprint density at radius 2 is 0.983 bits per heavy atom. The van der Waals surface area contributed by atoms with Crippen LogP contribution in [0.15, 0.2) is 97.2 Å². The Labute approximate surface area is 360 Å². The van der Waals surface area contributed by atoms with Gasteiger partial charge in [-0.05, 0) is 89.9 Å². The van der Waals surface area contributed by atoms with Gasteiger partial charge in [0, 0.05) is 12.8 Å². The lowest BCUT2D eigenvalue weighted by Crippen LogP contribution is -2.37. The van der Waals surface area contributed by atoms with E-state index in [1.54, 1.807) is 0 Å². The highest BCUT2D eigenvalue weighted by Crippen LogP contribution is 2.38. The molecule has 0 spiro atoms. The zero-order chi connectivity index (χ0) is 43.6. The summed E-state index contributed by atoms with van der Waals surface area (Å²) in [4.78, 5) is 37.5. The van der Waals surface area contributed by atoms with Crippen LogP contribution in [0, 0.1) is 0 Å². The molecule has 0 fully saturated rings. The number of likely N-dealkylation sites (N-methyl/N-ethyl adjacent to an activating group) is 1. The summed E-state index contributed by atoms with van der Waals surface area (Å²) in [5.74, 6) is -0.926. The molecule has 2 atom stereocenters. The molecule has 0 aromatic carbocycles. The van der Waals surface area contributed by atoms with E-state index in [1.807, 2.05) is 27.2 Å². The lowest BCUT2D eigenvalue weighted by atomic mass is 10.1. The number of phosphoric ester groups is 1. The molecule has 0 aliphatic carbocycles. The van der Waals surface area contributed by atoms with Gasteiger partial charge >= 0.3 is 11.9 Å². The molecule has 59 heavy (non-hydrogen) atoms. The number of hydrogen-bond donors (Lipinski definition) is 0. The number of ether oxygens (including phenoxy) is 2. The van der Waals surface area contributed by atoms with Crippen LogP contribution in [-0.2, 0) is 32.7 Å². The van der Waals surface area contributed by atoms with Crippen molar-refractivity contribution in [3.63, 3.8) is 0 Å². The van der Waals surface area contributed by atoms with E-state index in [-0.39, 0.29) is 26.1 Å². The molecule has 2 unspecified atom stereocenters. The number of phosphoric acid groups is 1. The van der Waals surface area contributed by atoms with E-state index in [1.165, 1.54) is 19.3 Å². The summed E-state index contributed by atoms with van der Waals surface area (Å²) in [6.45, 7) is 3.98. The second-order valence-corrected chi connectivity index (χ2v) is 17.1. The standard InChI is InChI=1S/C49H82NO8P/c1-6-8-10-12-14-16-18-20-21-22-23-24-25-26-27-28-29-30-32-34-36-38-40-42-49(52)58-47(46-57-59(53,54)56-44-43-50(3,4)5)45-55-48(51)41-39-37-35-33-31-19-17-15-13-11-9-7-2/h8,10,14-17,20-21,23-24,26-27,29-30,34,36,47H,6-7,9,11-13,18-19,22,25,28,31-33,35,37-46H2,1-5H3/b10-8-,16-14-,17-15-,21-20-,24-23-,27-26-,30-29-,36-34-. The first kappa shape index (κ1) is 55.9. The second-order valence-electron chi connectivity index (χ2n) is 15.7. The van der Waals surface area contributed by atoms with Crippen molar-refractivity contribution in [2.45, 2.75) is 155 Å². The van der Waals surface area contributed by atoms with Gasteiger partial charge in [0.1, 0.15) is 19.8 Å². The fraction of sp³-hybridized carbons (Fsp3) is 0.633. The predicted octanol–water partition coefficient (Wildman–Crippen LogP) is 12.3. The van der Waals surface area contributed by atoms with Gasteiger partial charge in [-0.15, -0.1) is 0 Å². The van der Waals surface area contributed by atoms with E-state index >= 15 is 0 Å². The molecule has 0 aliphatic rings. The van der Waals surface area contributed by atoms with Crippen molar-refractivity contribution in [1.82, 2.24) is 0 Å². The summed E-state index contributed by atoms with van der Waals surface area (Å²) in [5.41, 5.74) is 0. The van der Waals surface area contributed by atoms with Gasteiger partial charge in [-0.25, -0.2) is 0 Å². The number of allylic oxidation sites excluding steroid dienone is 16. The van der Waals surface area contributed by atoms with Crippen LogP contribution in [0.25, 0.3) is 0 Å². The maximum atomic E-state index is 12.7. The topological polar surface area (TPSA) is 111 Å². The van der Waals surface area contributed by atoms with Gasteiger partial charge in [-0.3, -0.25) is 14.2 Å². The average Bonchev–Trinajstić information content (AvgIpc) is 3.19. The number of carbonyl (C=O) groups excluding carboxylic acids is 2. The number of nitrogens with zero attached hydrogens (tertiary/aromatic N) is 1. The monoisotopic (exact) mass is 844 g/mol. The lowest BCUT2D eigenvalue weighted by molar-refractivity contribution is -0.870. The Kier molecular flexibility index (Phi) is 38.2. The average molecular weight is 844 g/mol. The Morgan fingerprint density at radius 1 is 0.542 bits per heavy atom. The van der Waals surface area contributed by atoms with Gasteiger partial charge in [-0.1, -0.05) is 143 Å². The van der Waals surface area contributed by atoms with E-state index < -0.39 is 32.5 Å². The summed E-state index contributed by atoms with van der Waals surface area (Å²) in [7, 11) is 1.11. The number of esters is 2. The maximum Gasteiger partial charge on any atom is 0.306 e. The molecule has 0 aromatic heterocycles. The Bertz CT molecular complexity index is 1320. The molecular formula is C49H82NO8P. The molecule has 0 N–H and O–H groups in total. The molecular weight excluding hydrogens is 762 g/mol. The lowest BCUT2D eigenvalue weighted by Gasteiger charge is -2.28. The number of rotatable bonds is 39. The molecule has 336 valence electrons. The molecule has 0 saturated carbocycles. The molecule has 0 aliphatic heterocycles. The molecule has 10 heteroatoms. The maximum absolute atomic E-state index is 12.7. The zero-order valence-electron chi connectivity index (χ0n) is 37.7. The molecule has 0 heterocycles. The third-order valence-electron chi connectivity index (χ3n) is 8.84. The summed E-state index contributed by atoms with van der Waals surface area (Å²) in [6.07, 6.45) is 53.0. The summed E-state index contributed by atoms with van der Waals surface area (Å²) < 4.78 is 33.8. The zero-order valence-corrected chi connectivity index (χ0v) is 38.5. The molecule has 0 amide bonds.